The number of nitrogens with one attached hydrogen (secondary N) is 1. The molecule has 1 heterocycles. The number of allylic oxidation sites excluding steroid dienone is 1. The van der Waals surface area contributed by atoms with Gasteiger partial charge in [-0.25, -0.2) is 8.42 Å². The van der Waals surface area contributed by atoms with Gasteiger partial charge >= 0.3 is 0 Å². The second kappa shape index (κ2) is 8.76. The molecule has 1 aromatic carbocycles. The number of amides is 1. The summed E-state index contributed by atoms with van der Waals surface area (Å²) < 4.78 is 30.3. The molecule has 5 nitrogen and oxygen atoms in total. The van der Waals surface area contributed by atoms with Gasteiger partial charge in [0.2, 0.25) is 0 Å². The molecule has 1 aliphatic rings. The smallest absolute Gasteiger partial charge is 0.287 e. The first-order valence-corrected chi connectivity index (χ1v) is 11.0. The van der Waals surface area contributed by atoms with Crippen molar-refractivity contribution < 1.29 is 17.6 Å². The zero-order valence-electron chi connectivity index (χ0n) is 14.9. The first-order valence-electron chi connectivity index (χ1n) is 8.97. The summed E-state index contributed by atoms with van der Waals surface area (Å²) >= 11 is 5.79. The number of furan rings is 1. The number of rotatable bonds is 7. The summed E-state index contributed by atoms with van der Waals surface area (Å²) in [6, 6.07) is 8.98. The van der Waals surface area contributed by atoms with Crippen molar-refractivity contribution in [3.8, 4) is 0 Å². The molecular formula is C20H22ClNO4S. The van der Waals surface area contributed by atoms with E-state index in [0.717, 1.165) is 19.3 Å². The fourth-order valence-corrected chi connectivity index (χ4v) is 4.42. The molecule has 2 aromatic rings. The van der Waals surface area contributed by atoms with Gasteiger partial charge in [-0.15, -0.1) is 0 Å². The number of hydrogen-bond donors (Lipinski definition) is 1. The van der Waals surface area contributed by atoms with Crippen molar-refractivity contribution in [3.05, 3.63) is 64.6 Å². The minimum absolute atomic E-state index is 0.119. The highest BCUT2D eigenvalue weighted by Crippen LogP contribution is 2.21. The molecule has 0 spiro atoms. The van der Waals surface area contributed by atoms with Gasteiger partial charge in [-0.3, -0.25) is 4.79 Å². The van der Waals surface area contributed by atoms with Crippen LogP contribution in [-0.4, -0.2) is 20.9 Å². The molecule has 1 amide bonds. The molecule has 0 unspecified atom stereocenters. The Morgan fingerprint density at radius 1 is 1.11 bits per heavy atom. The maximum Gasteiger partial charge on any atom is 0.287 e. The third kappa shape index (κ3) is 5.47. The van der Waals surface area contributed by atoms with Gasteiger partial charge in [0.1, 0.15) is 11.5 Å². The maximum absolute atomic E-state index is 12.4. The van der Waals surface area contributed by atoms with Crippen LogP contribution in [0.1, 0.15) is 48.4 Å². The minimum Gasteiger partial charge on any atom is -0.455 e. The minimum atomic E-state index is -3.57. The van der Waals surface area contributed by atoms with Crippen LogP contribution in [0.3, 0.4) is 0 Å². The van der Waals surface area contributed by atoms with Crippen LogP contribution >= 0.6 is 11.6 Å². The van der Waals surface area contributed by atoms with Crippen molar-refractivity contribution in [2.75, 3.05) is 6.54 Å². The second-order valence-electron chi connectivity index (χ2n) is 6.59. The summed E-state index contributed by atoms with van der Waals surface area (Å²) in [5, 5.41) is 3.29. The molecule has 27 heavy (non-hydrogen) atoms. The first kappa shape index (κ1) is 19.7. The van der Waals surface area contributed by atoms with E-state index in [-0.39, 0.29) is 28.1 Å². The predicted octanol–water partition coefficient (Wildman–Crippen LogP) is 4.53. The van der Waals surface area contributed by atoms with Crippen molar-refractivity contribution in [1.29, 1.82) is 0 Å². The van der Waals surface area contributed by atoms with Crippen LogP contribution in [0.5, 0.6) is 0 Å². The topological polar surface area (TPSA) is 76.4 Å². The lowest BCUT2D eigenvalue weighted by molar-refractivity contribution is 0.0925. The Bertz CT molecular complexity index is 929. The number of hydrogen-bond acceptors (Lipinski definition) is 4. The lowest BCUT2D eigenvalue weighted by Gasteiger charge is -2.12. The molecule has 0 aliphatic heterocycles. The zero-order valence-corrected chi connectivity index (χ0v) is 16.5. The Morgan fingerprint density at radius 2 is 1.89 bits per heavy atom. The van der Waals surface area contributed by atoms with Crippen molar-refractivity contribution in [3.63, 3.8) is 0 Å². The summed E-state index contributed by atoms with van der Waals surface area (Å²) in [6.45, 7) is 0.545. The molecule has 1 aliphatic carbocycles. The molecule has 0 bridgehead atoms. The third-order valence-corrected chi connectivity index (χ3v) is 6.41. The van der Waals surface area contributed by atoms with E-state index in [1.165, 1.54) is 54.8 Å². The van der Waals surface area contributed by atoms with Gasteiger partial charge in [0.15, 0.2) is 15.6 Å². The quantitative estimate of drug-likeness (QED) is 0.684. The molecular weight excluding hydrogens is 386 g/mol. The van der Waals surface area contributed by atoms with Crippen LogP contribution in [0.4, 0.5) is 0 Å². The number of halogens is 1. The summed E-state index contributed by atoms with van der Waals surface area (Å²) in [5.74, 6) is -0.296. The Kier molecular flexibility index (Phi) is 6.39. The molecule has 0 radical (unpaired) electrons. The van der Waals surface area contributed by atoms with E-state index in [0.29, 0.717) is 11.6 Å². The van der Waals surface area contributed by atoms with Gasteiger partial charge in [-0.1, -0.05) is 23.3 Å². The molecule has 0 saturated carbocycles. The van der Waals surface area contributed by atoms with E-state index in [2.05, 4.69) is 11.4 Å². The fraction of sp³-hybridized carbons (Fsp3) is 0.350. The third-order valence-electron chi connectivity index (χ3n) is 4.51. The first-order chi connectivity index (χ1) is 12.9. The molecule has 1 aromatic heterocycles. The average molecular weight is 408 g/mol. The van der Waals surface area contributed by atoms with Crippen molar-refractivity contribution >= 4 is 27.3 Å². The van der Waals surface area contributed by atoms with Crippen molar-refractivity contribution in [2.24, 2.45) is 0 Å². The second-order valence-corrected chi connectivity index (χ2v) is 9.02. The molecule has 1 N–H and O–H groups in total. The van der Waals surface area contributed by atoms with Crippen molar-refractivity contribution in [2.45, 2.75) is 42.8 Å². The van der Waals surface area contributed by atoms with E-state index in [4.69, 9.17) is 16.0 Å². The van der Waals surface area contributed by atoms with E-state index >= 15 is 0 Å². The van der Waals surface area contributed by atoms with Gasteiger partial charge < -0.3 is 9.73 Å². The van der Waals surface area contributed by atoms with E-state index < -0.39 is 9.84 Å². The van der Waals surface area contributed by atoms with Gasteiger partial charge in [0, 0.05) is 11.6 Å². The molecule has 144 valence electrons. The average Bonchev–Trinajstić information content (AvgIpc) is 3.11. The van der Waals surface area contributed by atoms with Crippen LogP contribution in [0.2, 0.25) is 5.02 Å². The zero-order chi connectivity index (χ0) is 19.3. The van der Waals surface area contributed by atoms with Crippen LogP contribution in [0, 0.1) is 0 Å². The summed E-state index contributed by atoms with van der Waals surface area (Å²) in [5.41, 5.74) is 1.38. The van der Waals surface area contributed by atoms with Crippen LogP contribution in [0.15, 0.2) is 57.4 Å². The number of carbonyl (C=O) groups excluding carboxylic acids is 1. The van der Waals surface area contributed by atoms with Gasteiger partial charge in [0.25, 0.3) is 5.91 Å². The van der Waals surface area contributed by atoms with Crippen LogP contribution in [-0.2, 0) is 15.6 Å². The SMILES string of the molecule is O=C(NCCC1=CCCCC1)c1ccc(CS(=O)(=O)c2ccc(Cl)cc2)o1. The number of carbonyl (C=O) groups is 1. The molecule has 0 fully saturated rings. The fourth-order valence-electron chi connectivity index (χ4n) is 3.05. The van der Waals surface area contributed by atoms with Crippen molar-refractivity contribution in [1.82, 2.24) is 5.32 Å². The Hall–Kier alpha value is -2.05. The molecule has 7 heteroatoms. The maximum atomic E-state index is 12.4. The number of sulfone groups is 1. The summed E-state index contributed by atoms with van der Waals surface area (Å²) in [6.07, 6.45) is 7.76. The lowest BCUT2D eigenvalue weighted by Crippen LogP contribution is -2.24. The standard InChI is InChI=1S/C20H22ClNO4S/c21-16-6-9-18(10-7-16)27(24,25)14-17-8-11-19(26-17)20(23)22-13-12-15-4-2-1-3-5-15/h4,6-11H,1-3,5,12-14H2,(H,22,23). The number of benzene rings is 1. The van der Waals surface area contributed by atoms with Crippen LogP contribution < -0.4 is 5.32 Å². The van der Waals surface area contributed by atoms with Gasteiger partial charge in [-0.05, 0) is 68.5 Å². The predicted molar refractivity (Wildman–Crippen MR) is 105 cm³/mol. The normalized spacial score (nSPS) is 14.6. The summed E-state index contributed by atoms with van der Waals surface area (Å²) in [4.78, 5) is 12.3. The Labute approximate surface area is 164 Å². The largest absolute Gasteiger partial charge is 0.455 e. The van der Waals surface area contributed by atoms with Gasteiger partial charge in [-0.2, -0.15) is 0 Å². The monoisotopic (exact) mass is 407 g/mol. The molecule has 3 rings (SSSR count). The summed E-state index contributed by atoms with van der Waals surface area (Å²) in [7, 11) is -3.57. The van der Waals surface area contributed by atoms with Gasteiger partial charge in [0.05, 0.1) is 4.90 Å². The van der Waals surface area contributed by atoms with E-state index in [9.17, 15) is 13.2 Å². The van der Waals surface area contributed by atoms with E-state index in [1.54, 1.807) is 0 Å². The van der Waals surface area contributed by atoms with Crippen LogP contribution in [0.25, 0.3) is 0 Å². The highest BCUT2D eigenvalue weighted by molar-refractivity contribution is 7.90. The van der Waals surface area contributed by atoms with E-state index in [1.807, 2.05) is 0 Å². The molecule has 0 saturated heterocycles. The highest BCUT2D eigenvalue weighted by atomic mass is 35.5. The Balaban J connectivity index is 1.56. The Morgan fingerprint density at radius 3 is 2.59 bits per heavy atom. The molecule has 0 atom stereocenters. The highest BCUT2D eigenvalue weighted by Gasteiger charge is 2.19. The lowest BCUT2D eigenvalue weighted by atomic mass is 9.97.